The van der Waals surface area contributed by atoms with E-state index in [9.17, 15) is 4.79 Å². The van der Waals surface area contributed by atoms with Gasteiger partial charge in [-0.15, -0.1) is 0 Å². The molecule has 5 nitrogen and oxygen atoms in total. The monoisotopic (exact) mass is 281 g/mol. The number of nitrogens with two attached hydrogens (primary N) is 1. The summed E-state index contributed by atoms with van der Waals surface area (Å²) in [4.78, 5) is 11.5. The standard InChI is InChI=1S/C15H23NO4/c1-10(2)20-15(17)9-19-14-6-5-13(18-4)8-12(14)7-11(3)16/h5-6,8,10-11H,7,9,16H2,1-4H3. The Labute approximate surface area is 120 Å². The zero-order valence-corrected chi connectivity index (χ0v) is 12.5. The third kappa shape index (κ3) is 5.48. The molecule has 0 aliphatic carbocycles. The predicted molar refractivity (Wildman–Crippen MR) is 77.1 cm³/mol. The van der Waals surface area contributed by atoms with E-state index < -0.39 is 0 Å². The van der Waals surface area contributed by atoms with Gasteiger partial charge in [0.2, 0.25) is 0 Å². The van der Waals surface area contributed by atoms with Crippen LogP contribution >= 0.6 is 0 Å². The number of methoxy groups -OCH3 is 1. The molecule has 5 heteroatoms. The topological polar surface area (TPSA) is 70.8 Å². The summed E-state index contributed by atoms with van der Waals surface area (Å²) in [5, 5.41) is 0. The lowest BCUT2D eigenvalue weighted by Crippen LogP contribution is -2.21. The number of benzene rings is 1. The van der Waals surface area contributed by atoms with Crippen LogP contribution in [-0.2, 0) is 16.0 Å². The van der Waals surface area contributed by atoms with E-state index in [1.807, 2.05) is 13.0 Å². The minimum Gasteiger partial charge on any atom is -0.497 e. The fourth-order valence-electron chi connectivity index (χ4n) is 1.76. The van der Waals surface area contributed by atoms with Gasteiger partial charge in [-0.1, -0.05) is 0 Å². The molecule has 0 saturated heterocycles. The molecule has 0 saturated carbocycles. The van der Waals surface area contributed by atoms with Crippen molar-refractivity contribution in [3.8, 4) is 11.5 Å². The average Bonchev–Trinajstić information content (AvgIpc) is 2.35. The van der Waals surface area contributed by atoms with Gasteiger partial charge in [0, 0.05) is 6.04 Å². The van der Waals surface area contributed by atoms with Gasteiger partial charge in [-0.25, -0.2) is 4.79 Å². The molecule has 0 aromatic heterocycles. The lowest BCUT2D eigenvalue weighted by Gasteiger charge is -2.14. The number of carbonyl (C=O) groups is 1. The van der Waals surface area contributed by atoms with Crippen LogP contribution < -0.4 is 15.2 Å². The van der Waals surface area contributed by atoms with Crippen molar-refractivity contribution in [1.29, 1.82) is 0 Å². The van der Waals surface area contributed by atoms with Crippen molar-refractivity contribution in [3.63, 3.8) is 0 Å². The van der Waals surface area contributed by atoms with Gasteiger partial charge in [-0.3, -0.25) is 0 Å². The highest BCUT2D eigenvalue weighted by Crippen LogP contribution is 2.25. The zero-order chi connectivity index (χ0) is 15.1. The van der Waals surface area contributed by atoms with Crippen LogP contribution in [0.5, 0.6) is 11.5 Å². The Balaban J connectivity index is 2.75. The molecule has 0 spiro atoms. The van der Waals surface area contributed by atoms with E-state index >= 15 is 0 Å². The van der Waals surface area contributed by atoms with Crippen molar-refractivity contribution in [1.82, 2.24) is 0 Å². The van der Waals surface area contributed by atoms with Gasteiger partial charge in [0.1, 0.15) is 11.5 Å². The summed E-state index contributed by atoms with van der Waals surface area (Å²) in [7, 11) is 1.60. The van der Waals surface area contributed by atoms with Gasteiger partial charge >= 0.3 is 5.97 Å². The van der Waals surface area contributed by atoms with Crippen LogP contribution in [0.15, 0.2) is 18.2 Å². The minimum absolute atomic E-state index is 0.00734. The van der Waals surface area contributed by atoms with Crippen molar-refractivity contribution in [2.75, 3.05) is 13.7 Å². The molecule has 0 fully saturated rings. The minimum atomic E-state index is -0.387. The molecule has 0 aliphatic heterocycles. The Hall–Kier alpha value is -1.75. The van der Waals surface area contributed by atoms with Gasteiger partial charge in [-0.05, 0) is 51.0 Å². The van der Waals surface area contributed by atoms with Crippen molar-refractivity contribution in [2.24, 2.45) is 5.73 Å². The first-order chi connectivity index (χ1) is 9.42. The second kappa shape index (κ2) is 7.75. The molecule has 112 valence electrons. The fraction of sp³-hybridized carbons (Fsp3) is 0.533. The van der Waals surface area contributed by atoms with E-state index in [0.29, 0.717) is 12.2 Å². The SMILES string of the molecule is COc1ccc(OCC(=O)OC(C)C)c(CC(C)N)c1. The summed E-state index contributed by atoms with van der Waals surface area (Å²) in [5.41, 5.74) is 6.73. The first kappa shape index (κ1) is 16.3. The maximum Gasteiger partial charge on any atom is 0.344 e. The molecule has 0 amide bonds. The summed E-state index contributed by atoms with van der Waals surface area (Å²) < 4.78 is 15.7. The summed E-state index contributed by atoms with van der Waals surface area (Å²) in [6, 6.07) is 5.42. The quantitative estimate of drug-likeness (QED) is 0.773. The first-order valence-corrected chi connectivity index (χ1v) is 6.67. The second-order valence-electron chi connectivity index (χ2n) is 4.98. The smallest absolute Gasteiger partial charge is 0.344 e. The highest BCUT2D eigenvalue weighted by atomic mass is 16.6. The average molecular weight is 281 g/mol. The van der Waals surface area contributed by atoms with Gasteiger partial charge in [0.05, 0.1) is 13.2 Å². The molecule has 20 heavy (non-hydrogen) atoms. The van der Waals surface area contributed by atoms with E-state index in [1.54, 1.807) is 33.1 Å². The van der Waals surface area contributed by atoms with Gasteiger partial charge in [-0.2, -0.15) is 0 Å². The Morgan fingerprint density at radius 2 is 2.00 bits per heavy atom. The molecule has 0 bridgehead atoms. The van der Waals surface area contributed by atoms with E-state index in [1.165, 1.54) is 0 Å². The number of hydrogen-bond donors (Lipinski definition) is 1. The maximum absolute atomic E-state index is 11.5. The van der Waals surface area contributed by atoms with Crippen LogP contribution in [0.2, 0.25) is 0 Å². The molecule has 1 aromatic carbocycles. The van der Waals surface area contributed by atoms with Gasteiger partial charge in [0.15, 0.2) is 6.61 Å². The molecule has 1 atom stereocenters. The van der Waals surface area contributed by atoms with Gasteiger partial charge < -0.3 is 19.9 Å². The number of hydrogen-bond acceptors (Lipinski definition) is 5. The number of ether oxygens (including phenoxy) is 3. The Morgan fingerprint density at radius 3 is 2.55 bits per heavy atom. The van der Waals surface area contributed by atoms with Crippen LogP contribution in [0.25, 0.3) is 0 Å². The molecular formula is C15H23NO4. The van der Waals surface area contributed by atoms with Crippen molar-refractivity contribution in [2.45, 2.75) is 39.3 Å². The van der Waals surface area contributed by atoms with Crippen molar-refractivity contribution < 1.29 is 19.0 Å². The molecule has 1 unspecified atom stereocenters. The lowest BCUT2D eigenvalue weighted by molar-refractivity contribution is -0.149. The largest absolute Gasteiger partial charge is 0.497 e. The van der Waals surface area contributed by atoms with Crippen LogP contribution in [0, 0.1) is 0 Å². The molecule has 0 heterocycles. The zero-order valence-electron chi connectivity index (χ0n) is 12.5. The third-order valence-electron chi connectivity index (χ3n) is 2.52. The highest BCUT2D eigenvalue weighted by molar-refractivity contribution is 5.71. The highest BCUT2D eigenvalue weighted by Gasteiger charge is 2.11. The first-order valence-electron chi connectivity index (χ1n) is 6.67. The Bertz CT molecular complexity index is 443. The summed E-state index contributed by atoms with van der Waals surface area (Å²) in [5.74, 6) is 0.976. The lowest BCUT2D eigenvalue weighted by atomic mass is 10.1. The van der Waals surface area contributed by atoms with Crippen LogP contribution in [0.3, 0.4) is 0 Å². The maximum atomic E-state index is 11.5. The molecule has 2 N–H and O–H groups in total. The molecule has 1 aromatic rings. The van der Waals surface area contributed by atoms with Crippen LogP contribution in [0.1, 0.15) is 26.3 Å². The molecule has 1 rings (SSSR count). The predicted octanol–water partition coefficient (Wildman–Crippen LogP) is 1.92. The number of rotatable bonds is 7. The normalized spacial score (nSPS) is 12.1. The summed E-state index contributed by atoms with van der Waals surface area (Å²) >= 11 is 0. The molecule has 0 radical (unpaired) electrons. The van der Waals surface area contributed by atoms with E-state index in [-0.39, 0.29) is 24.7 Å². The second-order valence-corrected chi connectivity index (χ2v) is 4.98. The van der Waals surface area contributed by atoms with E-state index in [4.69, 9.17) is 19.9 Å². The summed E-state index contributed by atoms with van der Waals surface area (Å²) in [6.07, 6.45) is 0.497. The van der Waals surface area contributed by atoms with E-state index in [0.717, 1.165) is 11.3 Å². The van der Waals surface area contributed by atoms with Gasteiger partial charge in [0.25, 0.3) is 0 Å². The number of esters is 1. The Kier molecular flexibility index (Phi) is 6.31. The molecule has 0 aliphatic rings. The van der Waals surface area contributed by atoms with Crippen LogP contribution in [0.4, 0.5) is 0 Å². The molecular weight excluding hydrogens is 258 g/mol. The number of carbonyl (C=O) groups excluding carboxylic acids is 1. The van der Waals surface area contributed by atoms with E-state index in [2.05, 4.69) is 0 Å². The van der Waals surface area contributed by atoms with Crippen molar-refractivity contribution >= 4 is 5.97 Å². The summed E-state index contributed by atoms with van der Waals surface area (Å²) in [6.45, 7) is 5.40. The Morgan fingerprint density at radius 1 is 1.30 bits per heavy atom. The fourth-order valence-corrected chi connectivity index (χ4v) is 1.76. The third-order valence-corrected chi connectivity index (χ3v) is 2.52. The van der Waals surface area contributed by atoms with Crippen LogP contribution in [-0.4, -0.2) is 31.8 Å². The van der Waals surface area contributed by atoms with Crippen molar-refractivity contribution in [3.05, 3.63) is 23.8 Å².